The fourth-order valence-electron chi connectivity index (χ4n) is 3.00. The van der Waals surface area contributed by atoms with Gasteiger partial charge in [0.15, 0.2) is 9.84 Å². The summed E-state index contributed by atoms with van der Waals surface area (Å²) in [6, 6.07) is 15.9. The van der Waals surface area contributed by atoms with Gasteiger partial charge in [0.1, 0.15) is 11.6 Å². The summed E-state index contributed by atoms with van der Waals surface area (Å²) in [7, 11) is -7.53. The van der Waals surface area contributed by atoms with Crippen LogP contribution in [0.15, 0.2) is 86.9 Å². The minimum absolute atomic E-state index is 0.113. The van der Waals surface area contributed by atoms with Gasteiger partial charge in [-0.3, -0.25) is 0 Å². The van der Waals surface area contributed by atoms with Gasteiger partial charge < -0.3 is 0 Å². The van der Waals surface area contributed by atoms with Crippen LogP contribution in [0.5, 0.6) is 0 Å². The Kier molecular flexibility index (Phi) is 5.70. The van der Waals surface area contributed by atoms with E-state index in [4.69, 9.17) is 0 Å². The van der Waals surface area contributed by atoms with Crippen LogP contribution in [-0.4, -0.2) is 28.1 Å². The fraction of sp³-hybridized carbons (Fsp3) is 0.0455. The van der Waals surface area contributed by atoms with Crippen LogP contribution < -0.4 is 0 Å². The molecule has 0 unspecified atom stereocenters. The van der Waals surface area contributed by atoms with Crippen LogP contribution in [0.2, 0.25) is 0 Å². The Bertz CT molecular complexity index is 1510. The summed E-state index contributed by atoms with van der Waals surface area (Å²) in [5, 5.41) is 0. The minimum Gasteiger partial charge on any atom is -0.224 e. The van der Waals surface area contributed by atoms with Crippen LogP contribution in [-0.2, 0) is 19.7 Å². The van der Waals surface area contributed by atoms with Crippen molar-refractivity contribution in [2.45, 2.75) is 14.1 Å². The number of aromatic nitrogens is 1. The zero-order valence-electron chi connectivity index (χ0n) is 16.5. The van der Waals surface area contributed by atoms with Crippen LogP contribution >= 0.6 is 11.3 Å². The standard InChI is InChI=1S/C22H15F2NO4S3/c1-31(26,27)18-11-7-15(8-12-18)21-20(14-5-9-16(23)10-6-14)25-22(30-21)32(28,29)19-4-2-3-17(24)13-19/h2-13H,1H3. The molecule has 32 heavy (non-hydrogen) atoms. The Balaban J connectivity index is 1.91. The summed E-state index contributed by atoms with van der Waals surface area (Å²) < 4.78 is 76.5. The van der Waals surface area contributed by atoms with E-state index in [1.54, 1.807) is 12.1 Å². The molecule has 0 fully saturated rings. The van der Waals surface area contributed by atoms with E-state index in [1.807, 2.05) is 0 Å². The molecule has 5 nitrogen and oxygen atoms in total. The highest BCUT2D eigenvalue weighted by Crippen LogP contribution is 2.40. The van der Waals surface area contributed by atoms with Crippen LogP contribution in [0.4, 0.5) is 8.78 Å². The molecule has 0 spiro atoms. The van der Waals surface area contributed by atoms with Crippen molar-refractivity contribution >= 4 is 31.0 Å². The Morgan fingerprint density at radius 1 is 0.750 bits per heavy atom. The summed E-state index contributed by atoms with van der Waals surface area (Å²) in [4.78, 5) is 4.63. The Morgan fingerprint density at radius 3 is 1.97 bits per heavy atom. The predicted molar refractivity (Wildman–Crippen MR) is 118 cm³/mol. The van der Waals surface area contributed by atoms with Crippen molar-refractivity contribution in [1.29, 1.82) is 0 Å². The molecular formula is C22H15F2NO4S3. The van der Waals surface area contributed by atoms with Crippen LogP contribution in [0.1, 0.15) is 0 Å². The van der Waals surface area contributed by atoms with Gasteiger partial charge in [-0.2, -0.15) is 0 Å². The molecule has 0 aliphatic rings. The number of hydrogen-bond donors (Lipinski definition) is 0. The second-order valence-corrected chi connectivity index (χ2v) is 12.1. The Morgan fingerprint density at radius 2 is 1.38 bits per heavy atom. The molecule has 4 rings (SSSR count). The molecule has 0 bridgehead atoms. The number of rotatable bonds is 5. The Hall–Kier alpha value is -2.95. The maximum absolute atomic E-state index is 13.6. The van der Waals surface area contributed by atoms with Gasteiger partial charge in [0, 0.05) is 11.8 Å². The molecule has 4 aromatic rings. The SMILES string of the molecule is CS(=O)(=O)c1ccc(-c2sc(S(=O)(=O)c3cccc(F)c3)nc2-c2ccc(F)cc2)cc1. The number of hydrogen-bond acceptors (Lipinski definition) is 6. The third kappa shape index (κ3) is 4.34. The van der Waals surface area contributed by atoms with Crippen molar-refractivity contribution in [2.24, 2.45) is 0 Å². The van der Waals surface area contributed by atoms with E-state index < -0.39 is 31.3 Å². The summed E-state index contributed by atoms with van der Waals surface area (Å²) in [6.07, 6.45) is 1.09. The zero-order valence-corrected chi connectivity index (χ0v) is 18.9. The third-order valence-electron chi connectivity index (χ3n) is 4.61. The lowest BCUT2D eigenvalue weighted by Gasteiger charge is -2.04. The van der Waals surface area contributed by atoms with Gasteiger partial charge in [-0.25, -0.2) is 30.6 Å². The van der Waals surface area contributed by atoms with Crippen LogP contribution in [0, 0.1) is 11.6 Å². The van der Waals surface area contributed by atoms with Crippen molar-refractivity contribution in [2.75, 3.05) is 6.26 Å². The molecule has 164 valence electrons. The van der Waals surface area contributed by atoms with E-state index >= 15 is 0 Å². The third-order valence-corrected chi connectivity index (χ3v) is 8.97. The van der Waals surface area contributed by atoms with Gasteiger partial charge in [0.25, 0.3) is 0 Å². The van der Waals surface area contributed by atoms with E-state index in [2.05, 4.69) is 4.98 Å². The lowest BCUT2D eigenvalue weighted by molar-refractivity contribution is 0.590. The van der Waals surface area contributed by atoms with Crippen molar-refractivity contribution in [3.8, 4) is 21.7 Å². The molecule has 1 heterocycles. The predicted octanol–water partition coefficient (Wildman–Crippen LogP) is 4.99. The molecule has 0 saturated heterocycles. The van der Waals surface area contributed by atoms with Gasteiger partial charge in [-0.1, -0.05) is 18.2 Å². The largest absolute Gasteiger partial charge is 0.233 e. The van der Waals surface area contributed by atoms with Gasteiger partial charge >= 0.3 is 0 Å². The van der Waals surface area contributed by atoms with E-state index in [1.165, 1.54) is 48.5 Å². The first-order chi connectivity index (χ1) is 15.1. The highest BCUT2D eigenvalue weighted by Gasteiger charge is 2.26. The lowest BCUT2D eigenvalue weighted by Crippen LogP contribution is -2.01. The van der Waals surface area contributed by atoms with Crippen molar-refractivity contribution in [3.05, 3.63) is 84.4 Å². The second kappa shape index (κ2) is 8.19. The average molecular weight is 492 g/mol. The van der Waals surface area contributed by atoms with Crippen LogP contribution in [0.3, 0.4) is 0 Å². The molecule has 0 atom stereocenters. The molecule has 10 heteroatoms. The lowest BCUT2D eigenvalue weighted by atomic mass is 10.1. The minimum atomic E-state index is -4.12. The van der Waals surface area contributed by atoms with E-state index in [9.17, 15) is 25.6 Å². The van der Waals surface area contributed by atoms with E-state index in [0.717, 1.165) is 29.7 Å². The molecular weight excluding hydrogens is 476 g/mol. The van der Waals surface area contributed by atoms with Crippen molar-refractivity contribution in [3.63, 3.8) is 0 Å². The van der Waals surface area contributed by atoms with E-state index in [0.29, 0.717) is 16.0 Å². The van der Waals surface area contributed by atoms with Crippen molar-refractivity contribution < 1.29 is 25.6 Å². The highest BCUT2D eigenvalue weighted by molar-refractivity contribution is 7.93. The summed E-state index contributed by atoms with van der Waals surface area (Å²) in [5.41, 5.74) is 1.30. The monoisotopic (exact) mass is 491 g/mol. The number of halogens is 2. The van der Waals surface area contributed by atoms with E-state index in [-0.39, 0.29) is 19.8 Å². The molecule has 0 amide bonds. The van der Waals surface area contributed by atoms with Gasteiger partial charge in [0.05, 0.1) is 20.4 Å². The maximum atomic E-state index is 13.6. The number of benzene rings is 3. The maximum Gasteiger partial charge on any atom is 0.233 e. The number of nitrogens with zero attached hydrogens (tertiary/aromatic N) is 1. The molecule has 0 N–H and O–H groups in total. The van der Waals surface area contributed by atoms with Crippen LogP contribution in [0.25, 0.3) is 21.7 Å². The summed E-state index contributed by atoms with van der Waals surface area (Å²) in [5.74, 6) is -1.16. The first-order valence-electron chi connectivity index (χ1n) is 9.13. The molecule has 3 aromatic carbocycles. The fourth-order valence-corrected chi connectivity index (χ4v) is 6.38. The van der Waals surface area contributed by atoms with Gasteiger partial charge in [0.2, 0.25) is 14.2 Å². The second-order valence-electron chi connectivity index (χ2n) is 6.92. The number of thiazole rings is 1. The van der Waals surface area contributed by atoms with Gasteiger partial charge in [-0.05, 0) is 60.2 Å². The topological polar surface area (TPSA) is 81.2 Å². The Labute approximate surface area is 187 Å². The quantitative estimate of drug-likeness (QED) is 0.393. The average Bonchev–Trinajstić information content (AvgIpc) is 3.20. The van der Waals surface area contributed by atoms with Gasteiger partial charge in [-0.15, -0.1) is 11.3 Å². The molecule has 0 radical (unpaired) electrons. The zero-order chi connectivity index (χ0) is 23.1. The molecule has 0 aliphatic carbocycles. The normalized spacial score (nSPS) is 12.1. The first-order valence-corrected chi connectivity index (χ1v) is 13.3. The first kappa shape index (κ1) is 22.3. The van der Waals surface area contributed by atoms with Crippen molar-refractivity contribution in [1.82, 2.24) is 4.98 Å². The highest BCUT2D eigenvalue weighted by atomic mass is 32.2. The number of sulfone groups is 2. The molecule has 1 aromatic heterocycles. The molecule has 0 aliphatic heterocycles. The smallest absolute Gasteiger partial charge is 0.224 e. The summed E-state index contributed by atoms with van der Waals surface area (Å²) in [6.45, 7) is 0. The molecule has 0 saturated carbocycles. The summed E-state index contributed by atoms with van der Waals surface area (Å²) >= 11 is 0.868.